The van der Waals surface area contributed by atoms with Crippen molar-refractivity contribution in [1.29, 1.82) is 0 Å². The van der Waals surface area contributed by atoms with Gasteiger partial charge in [0, 0.05) is 19.5 Å². The lowest BCUT2D eigenvalue weighted by atomic mass is 10.3. The summed E-state index contributed by atoms with van der Waals surface area (Å²) in [5.41, 5.74) is 5.13. The molecule has 0 atom stereocenters. The molecule has 0 saturated heterocycles. The lowest BCUT2D eigenvalue weighted by molar-refractivity contribution is -0.0309. The number of aliphatic hydroxyl groups is 2. The van der Waals surface area contributed by atoms with E-state index >= 15 is 0 Å². The maximum absolute atomic E-state index is 8.84. The molecule has 0 aliphatic heterocycles. The number of aliphatic imine (C=N–C) groups is 1. The molecule has 0 heterocycles. The maximum atomic E-state index is 8.84. The largest absolute Gasteiger partial charge is 0.404 e. The van der Waals surface area contributed by atoms with Gasteiger partial charge >= 0.3 is 0 Å². The predicted octanol–water partition coefficient (Wildman–Crippen LogP) is -0.437. The highest BCUT2D eigenvalue weighted by molar-refractivity contribution is 9.10. The van der Waals surface area contributed by atoms with E-state index < -0.39 is 4.70 Å². The van der Waals surface area contributed by atoms with Crippen molar-refractivity contribution >= 4 is 22.1 Å². The first-order valence-corrected chi connectivity index (χ1v) is 3.30. The minimum Gasteiger partial charge on any atom is -0.404 e. The van der Waals surface area contributed by atoms with E-state index in [4.69, 9.17) is 15.9 Å². The first kappa shape index (κ1) is 9.61. The fraction of sp³-hybridized carbons (Fsp3) is 0.400. The molecule has 0 aliphatic carbocycles. The molecule has 0 aromatic heterocycles. The van der Waals surface area contributed by atoms with Crippen LogP contribution in [0.3, 0.4) is 0 Å². The first-order chi connectivity index (χ1) is 4.52. The molecule has 0 rings (SSSR count). The van der Waals surface area contributed by atoms with Gasteiger partial charge in [-0.15, -0.1) is 0 Å². The molecule has 5 heteroatoms. The average molecular weight is 209 g/mol. The van der Waals surface area contributed by atoms with E-state index in [1.807, 2.05) is 0 Å². The summed E-state index contributed by atoms with van der Waals surface area (Å²) in [6.07, 6.45) is 2.30. The molecule has 0 unspecified atom stereocenters. The average Bonchev–Trinajstić information content (AvgIpc) is 1.80. The third-order valence-corrected chi connectivity index (χ3v) is 1.27. The number of nitrogens with two attached hydrogens (primary N) is 1. The zero-order valence-corrected chi connectivity index (χ0v) is 7.04. The van der Waals surface area contributed by atoms with Gasteiger partial charge in [-0.25, -0.2) is 0 Å². The van der Waals surface area contributed by atoms with Crippen molar-refractivity contribution < 1.29 is 10.2 Å². The lowest BCUT2D eigenvalue weighted by Gasteiger charge is -2.12. The Bertz CT molecular complexity index is 160. The maximum Gasteiger partial charge on any atom is 0.251 e. The fourth-order valence-corrected chi connectivity index (χ4v) is 0.605. The number of halogens is 1. The number of alkyl halides is 1. The molecule has 0 amide bonds. The minimum absolute atomic E-state index is 0.0926. The Morgan fingerprint density at radius 3 is 2.30 bits per heavy atom. The predicted molar refractivity (Wildman–Crippen MR) is 42.8 cm³/mol. The smallest absolute Gasteiger partial charge is 0.251 e. The molecule has 58 valence electrons. The van der Waals surface area contributed by atoms with Crippen molar-refractivity contribution in [3.05, 3.63) is 11.8 Å². The van der Waals surface area contributed by atoms with Crippen LogP contribution in [-0.4, -0.2) is 28.2 Å². The molecular formula is C5H9BrN2O2. The molecule has 0 fully saturated rings. The Morgan fingerprint density at radius 1 is 1.70 bits per heavy atom. The molecule has 0 aromatic rings. The normalized spacial score (nSPS) is 14.6. The van der Waals surface area contributed by atoms with Gasteiger partial charge in [0.25, 0.3) is 4.70 Å². The second kappa shape index (κ2) is 3.70. The quantitative estimate of drug-likeness (QED) is 0.328. The third-order valence-electron chi connectivity index (χ3n) is 0.815. The van der Waals surface area contributed by atoms with Gasteiger partial charge in [0.2, 0.25) is 0 Å². The number of rotatable bonds is 2. The van der Waals surface area contributed by atoms with Gasteiger partial charge < -0.3 is 15.9 Å². The van der Waals surface area contributed by atoms with Crippen molar-refractivity contribution in [2.24, 2.45) is 10.7 Å². The number of hydrogen-bond acceptors (Lipinski definition) is 4. The molecular weight excluding hydrogens is 200 g/mol. The summed E-state index contributed by atoms with van der Waals surface area (Å²) in [5, 5.41) is 17.7. The summed E-state index contributed by atoms with van der Waals surface area (Å²) >= 11 is 2.58. The number of hydrogen-bond donors (Lipinski definition) is 3. The van der Waals surface area contributed by atoms with Crippen LogP contribution in [-0.2, 0) is 0 Å². The summed E-state index contributed by atoms with van der Waals surface area (Å²) in [5.74, 6) is 0. The monoisotopic (exact) mass is 208 g/mol. The van der Waals surface area contributed by atoms with E-state index in [0.717, 1.165) is 6.20 Å². The van der Waals surface area contributed by atoms with Crippen LogP contribution >= 0.6 is 15.9 Å². The van der Waals surface area contributed by atoms with Crippen LogP contribution in [0.2, 0.25) is 0 Å². The van der Waals surface area contributed by atoms with E-state index in [1.165, 1.54) is 13.3 Å². The highest BCUT2D eigenvalue weighted by atomic mass is 79.9. The van der Waals surface area contributed by atoms with Gasteiger partial charge in [-0.05, 0) is 15.9 Å². The summed E-state index contributed by atoms with van der Waals surface area (Å²) in [4.78, 5) is 3.55. The summed E-state index contributed by atoms with van der Waals surface area (Å²) in [7, 11) is 1.50. The van der Waals surface area contributed by atoms with E-state index in [1.54, 1.807) is 0 Å². The van der Waals surface area contributed by atoms with Crippen LogP contribution < -0.4 is 5.73 Å². The number of nitrogens with zero attached hydrogens (tertiary/aromatic N) is 1. The molecule has 4 N–H and O–H groups in total. The zero-order chi connectivity index (χ0) is 8.20. The Labute approximate surface area is 67.2 Å². The van der Waals surface area contributed by atoms with Crippen molar-refractivity contribution in [3.63, 3.8) is 0 Å². The van der Waals surface area contributed by atoms with Gasteiger partial charge in [-0.1, -0.05) is 0 Å². The lowest BCUT2D eigenvalue weighted by Crippen LogP contribution is -2.23. The van der Waals surface area contributed by atoms with E-state index in [9.17, 15) is 0 Å². The minimum atomic E-state index is -2.08. The van der Waals surface area contributed by atoms with Crippen LogP contribution in [0.25, 0.3) is 0 Å². The molecule has 0 aromatic carbocycles. The summed E-state index contributed by atoms with van der Waals surface area (Å²) in [6, 6.07) is 0. The Kier molecular flexibility index (Phi) is 3.55. The Morgan fingerprint density at radius 2 is 2.20 bits per heavy atom. The molecule has 10 heavy (non-hydrogen) atoms. The van der Waals surface area contributed by atoms with Gasteiger partial charge in [-0.2, -0.15) is 0 Å². The molecule has 0 bridgehead atoms. The van der Waals surface area contributed by atoms with Gasteiger partial charge in [0.1, 0.15) is 0 Å². The summed E-state index contributed by atoms with van der Waals surface area (Å²) in [6.45, 7) is 0. The van der Waals surface area contributed by atoms with Crippen LogP contribution in [0.1, 0.15) is 0 Å². The third kappa shape index (κ3) is 2.95. The summed E-state index contributed by atoms with van der Waals surface area (Å²) < 4.78 is -2.08. The standard InChI is InChI=1S/C5H9BrN2O2/c1-8-3-4(2-7)5(6,9)10/h2-3,9-10H,7H2,1H3/b4-2+,8-3?. The fourth-order valence-electron chi connectivity index (χ4n) is 0.370. The van der Waals surface area contributed by atoms with Crippen molar-refractivity contribution in [2.45, 2.75) is 4.70 Å². The van der Waals surface area contributed by atoms with E-state index in [-0.39, 0.29) is 5.57 Å². The van der Waals surface area contributed by atoms with Crippen molar-refractivity contribution in [1.82, 2.24) is 0 Å². The first-order valence-electron chi connectivity index (χ1n) is 2.50. The van der Waals surface area contributed by atoms with Gasteiger partial charge in [-0.3, -0.25) is 4.99 Å². The Balaban J connectivity index is 4.39. The van der Waals surface area contributed by atoms with Gasteiger partial charge in [0.15, 0.2) is 0 Å². The van der Waals surface area contributed by atoms with Crippen molar-refractivity contribution in [2.75, 3.05) is 7.05 Å². The molecule has 0 radical (unpaired) electrons. The van der Waals surface area contributed by atoms with E-state index in [0.29, 0.717) is 0 Å². The second-order valence-electron chi connectivity index (χ2n) is 1.60. The van der Waals surface area contributed by atoms with Crippen LogP contribution in [0, 0.1) is 0 Å². The zero-order valence-electron chi connectivity index (χ0n) is 5.45. The highest BCUT2D eigenvalue weighted by Crippen LogP contribution is 2.17. The van der Waals surface area contributed by atoms with Crippen LogP contribution in [0.15, 0.2) is 16.8 Å². The molecule has 4 nitrogen and oxygen atoms in total. The topological polar surface area (TPSA) is 78.8 Å². The van der Waals surface area contributed by atoms with Crippen LogP contribution in [0.5, 0.6) is 0 Å². The van der Waals surface area contributed by atoms with Gasteiger partial charge in [0.05, 0.1) is 5.57 Å². The molecule has 0 saturated carbocycles. The Hall–Kier alpha value is -0.390. The second-order valence-corrected chi connectivity index (χ2v) is 2.70. The van der Waals surface area contributed by atoms with Crippen LogP contribution in [0.4, 0.5) is 0 Å². The van der Waals surface area contributed by atoms with E-state index in [2.05, 4.69) is 20.9 Å². The molecule has 0 aliphatic rings. The highest BCUT2D eigenvalue weighted by Gasteiger charge is 2.22. The SMILES string of the molecule is CN=C/C(=C\N)C(O)(O)Br. The molecule has 0 spiro atoms. The van der Waals surface area contributed by atoms with Crippen molar-refractivity contribution in [3.8, 4) is 0 Å².